The van der Waals surface area contributed by atoms with E-state index in [1.165, 1.54) is 18.6 Å². The average Bonchev–Trinajstić information content (AvgIpc) is 2.41. The number of unbranched alkanes of at least 4 members (excludes halogenated alkanes) is 4. The minimum atomic E-state index is -4.47. The molecule has 0 aromatic heterocycles. The van der Waals surface area contributed by atoms with Crippen LogP contribution in [0.5, 0.6) is 5.75 Å². The Morgan fingerprint density at radius 3 is 2.43 bits per heavy atom. The topological polar surface area (TPSA) is 35.2 Å². The molecule has 0 spiro atoms. The van der Waals surface area contributed by atoms with Crippen LogP contribution in [0.4, 0.5) is 13.2 Å². The molecule has 0 unspecified atom stereocenters. The van der Waals surface area contributed by atoms with Crippen LogP contribution in [0.15, 0.2) is 18.2 Å². The van der Waals surface area contributed by atoms with E-state index in [1.807, 2.05) is 0 Å². The number of benzene rings is 1. The van der Waals surface area contributed by atoms with Gasteiger partial charge in [0, 0.05) is 5.56 Å². The van der Waals surface area contributed by atoms with E-state index in [2.05, 4.69) is 19.1 Å². The Kier molecular flexibility index (Phi) is 6.95. The highest BCUT2D eigenvalue weighted by Gasteiger charge is 2.34. The molecule has 0 atom stereocenters. The molecule has 0 fully saturated rings. The third-order valence-corrected chi connectivity index (χ3v) is 3.30. The first-order valence-electron chi connectivity index (χ1n) is 7.00. The smallest absolute Gasteiger partial charge is 0.417 e. The number of ether oxygens (including phenoxy) is 1. The van der Waals surface area contributed by atoms with Gasteiger partial charge < -0.3 is 10.5 Å². The molecule has 21 heavy (non-hydrogen) atoms. The van der Waals surface area contributed by atoms with E-state index in [1.54, 1.807) is 0 Å². The molecule has 0 saturated heterocycles. The molecule has 2 N–H and O–H groups in total. The summed E-state index contributed by atoms with van der Waals surface area (Å²) < 4.78 is 43.9. The third kappa shape index (κ3) is 5.91. The second-order valence-electron chi connectivity index (χ2n) is 4.83. The zero-order valence-corrected chi connectivity index (χ0v) is 12.8. The van der Waals surface area contributed by atoms with Crippen LogP contribution in [-0.2, 0) is 6.18 Å². The van der Waals surface area contributed by atoms with Gasteiger partial charge in [0.05, 0.1) is 12.2 Å². The van der Waals surface area contributed by atoms with Crippen molar-refractivity contribution in [2.45, 2.75) is 45.2 Å². The van der Waals surface area contributed by atoms with Crippen molar-refractivity contribution in [2.24, 2.45) is 5.73 Å². The summed E-state index contributed by atoms with van der Waals surface area (Å²) in [4.78, 5) is -0.282. The van der Waals surface area contributed by atoms with E-state index in [0.29, 0.717) is 12.4 Å². The summed E-state index contributed by atoms with van der Waals surface area (Å²) in [6.45, 7) is 2.61. The Bertz CT molecular complexity index is 474. The Balaban J connectivity index is 2.65. The minimum absolute atomic E-state index is 0.194. The van der Waals surface area contributed by atoms with Crippen molar-refractivity contribution in [2.75, 3.05) is 6.61 Å². The predicted octanol–water partition coefficient (Wildman–Crippen LogP) is 4.69. The second-order valence-corrected chi connectivity index (χ2v) is 5.27. The van der Waals surface area contributed by atoms with Gasteiger partial charge in [-0.25, -0.2) is 0 Å². The molecule has 1 aromatic carbocycles. The van der Waals surface area contributed by atoms with Gasteiger partial charge >= 0.3 is 6.18 Å². The molecule has 0 saturated carbocycles. The maximum absolute atomic E-state index is 12.8. The van der Waals surface area contributed by atoms with Crippen LogP contribution in [0.2, 0.25) is 0 Å². The summed E-state index contributed by atoms with van der Waals surface area (Å²) in [5.74, 6) is 0.362. The Morgan fingerprint density at radius 1 is 1.19 bits per heavy atom. The summed E-state index contributed by atoms with van der Waals surface area (Å²) in [7, 11) is 0. The van der Waals surface area contributed by atoms with Gasteiger partial charge in [-0.3, -0.25) is 0 Å². The fourth-order valence-electron chi connectivity index (χ4n) is 1.96. The molecule has 118 valence electrons. The van der Waals surface area contributed by atoms with Crippen molar-refractivity contribution in [3.8, 4) is 5.75 Å². The number of alkyl halides is 3. The van der Waals surface area contributed by atoms with E-state index < -0.39 is 11.7 Å². The molecule has 0 aliphatic heterocycles. The average molecular weight is 319 g/mol. The molecule has 0 bridgehead atoms. The fourth-order valence-corrected chi connectivity index (χ4v) is 2.13. The summed E-state index contributed by atoms with van der Waals surface area (Å²) in [6.07, 6.45) is 0.950. The number of thiocarbonyl (C=S) groups is 1. The molecular formula is C15H20F3NOS. The first-order valence-corrected chi connectivity index (χ1v) is 7.41. The van der Waals surface area contributed by atoms with Crippen molar-refractivity contribution in [3.63, 3.8) is 0 Å². The summed E-state index contributed by atoms with van der Waals surface area (Å²) in [6, 6.07) is 3.52. The van der Waals surface area contributed by atoms with Crippen LogP contribution in [0, 0.1) is 0 Å². The number of nitrogens with two attached hydrogens (primary N) is 1. The maximum atomic E-state index is 12.8. The predicted molar refractivity (Wildman–Crippen MR) is 81.6 cm³/mol. The Morgan fingerprint density at radius 2 is 1.86 bits per heavy atom. The highest BCUT2D eigenvalue weighted by molar-refractivity contribution is 7.80. The van der Waals surface area contributed by atoms with Crippen LogP contribution < -0.4 is 10.5 Å². The maximum Gasteiger partial charge on any atom is 0.417 e. The molecule has 0 heterocycles. The summed E-state index contributed by atoms with van der Waals surface area (Å²) in [5.41, 5.74) is 4.34. The van der Waals surface area contributed by atoms with Gasteiger partial charge in [0.15, 0.2) is 0 Å². The van der Waals surface area contributed by atoms with Crippen LogP contribution in [0.25, 0.3) is 0 Å². The molecule has 1 aromatic rings. The first kappa shape index (κ1) is 17.8. The van der Waals surface area contributed by atoms with Crippen LogP contribution in [0.3, 0.4) is 0 Å². The number of halogens is 3. The van der Waals surface area contributed by atoms with Crippen molar-refractivity contribution in [1.82, 2.24) is 0 Å². The summed E-state index contributed by atoms with van der Waals surface area (Å²) in [5, 5.41) is 0. The van der Waals surface area contributed by atoms with Gasteiger partial charge in [0.2, 0.25) is 0 Å². The van der Waals surface area contributed by atoms with Gasteiger partial charge in [-0.1, -0.05) is 44.8 Å². The van der Waals surface area contributed by atoms with E-state index in [-0.39, 0.29) is 10.6 Å². The van der Waals surface area contributed by atoms with E-state index in [9.17, 15) is 13.2 Å². The highest BCUT2D eigenvalue weighted by Crippen LogP contribution is 2.33. The van der Waals surface area contributed by atoms with Crippen molar-refractivity contribution in [1.29, 1.82) is 0 Å². The van der Waals surface area contributed by atoms with Crippen molar-refractivity contribution < 1.29 is 17.9 Å². The molecule has 6 heteroatoms. The van der Waals surface area contributed by atoms with E-state index in [0.717, 1.165) is 31.7 Å². The fraction of sp³-hybridized carbons (Fsp3) is 0.533. The van der Waals surface area contributed by atoms with Gasteiger partial charge in [-0.2, -0.15) is 13.2 Å². The van der Waals surface area contributed by atoms with Crippen LogP contribution >= 0.6 is 12.2 Å². The lowest BCUT2D eigenvalue weighted by molar-refractivity contribution is -0.137. The Labute approximate surface area is 128 Å². The Hall–Kier alpha value is -1.30. The monoisotopic (exact) mass is 319 g/mol. The van der Waals surface area contributed by atoms with Gasteiger partial charge in [0.25, 0.3) is 0 Å². The number of rotatable bonds is 8. The van der Waals surface area contributed by atoms with E-state index in [4.69, 9.17) is 10.5 Å². The van der Waals surface area contributed by atoms with Gasteiger partial charge in [0.1, 0.15) is 10.7 Å². The quantitative estimate of drug-likeness (QED) is 0.558. The zero-order valence-electron chi connectivity index (χ0n) is 12.0. The highest BCUT2D eigenvalue weighted by atomic mass is 32.1. The molecule has 2 nitrogen and oxygen atoms in total. The molecule has 1 rings (SSSR count). The minimum Gasteiger partial charge on any atom is -0.494 e. The third-order valence-electron chi connectivity index (χ3n) is 3.08. The standard InChI is InChI=1S/C15H20F3NOS/c1-2-3-4-5-6-9-20-11-7-8-13(15(16,17)18)12(10-11)14(19)21/h7-8,10H,2-6,9H2,1H3,(H2,19,21). The van der Waals surface area contributed by atoms with Crippen molar-refractivity contribution >= 4 is 17.2 Å². The molecular weight excluding hydrogens is 299 g/mol. The first-order chi connectivity index (χ1) is 9.86. The number of hydrogen-bond acceptors (Lipinski definition) is 2. The van der Waals surface area contributed by atoms with Crippen LogP contribution in [-0.4, -0.2) is 11.6 Å². The lowest BCUT2D eigenvalue weighted by atomic mass is 10.1. The van der Waals surface area contributed by atoms with Gasteiger partial charge in [-0.05, 0) is 24.6 Å². The summed E-state index contributed by atoms with van der Waals surface area (Å²) >= 11 is 4.68. The lowest BCUT2D eigenvalue weighted by Gasteiger charge is -2.14. The van der Waals surface area contributed by atoms with Gasteiger partial charge in [-0.15, -0.1) is 0 Å². The molecule has 0 amide bonds. The SMILES string of the molecule is CCCCCCCOc1ccc(C(F)(F)F)c(C(N)=S)c1. The number of hydrogen-bond donors (Lipinski definition) is 1. The second kappa shape index (κ2) is 8.22. The molecule has 0 radical (unpaired) electrons. The zero-order chi connectivity index (χ0) is 15.9. The molecule has 0 aliphatic carbocycles. The lowest BCUT2D eigenvalue weighted by Crippen LogP contribution is -2.18. The normalized spacial score (nSPS) is 11.4. The largest absolute Gasteiger partial charge is 0.494 e. The van der Waals surface area contributed by atoms with E-state index >= 15 is 0 Å². The van der Waals surface area contributed by atoms with Crippen molar-refractivity contribution in [3.05, 3.63) is 29.3 Å². The molecule has 0 aliphatic rings. The van der Waals surface area contributed by atoms with Crippen LogP contribution in [0.1, 0.15) is 50.2 Å².